The predicted molar refractivity (Wildman–Crippen MR) is 102 cm³/mol. The molecule has 2 aliphatic rings. The maximum Gasteiger partial charge on any atom is 0.409 e. The molecule has 1 saturated carbocycles. The quantitative estimate of drug-likeness (QED) is 0.746. The Morgan fingerprint density at radius 1 is 1.19 bits per heavy atom. The maximum atomic E-state index is 11.7. The van der Waals surface area contributed by atoms with E-state index >= 15 is 0 Å². The van der Waals surface area contributed by atoms with E-state index < -0.39 is 6.10 Å². The van der Waals surface area contributed by atoms with Crippen LogP contribution in [0, 0.1) is 17.8 Å². The van der Waals surface area contributed by atoms with Gasteiger partial charge in [0.15, 0.2) is 0 Å². The van der Waals surface area contributed by atoms with Gasteiger partial charge in [0.05, 0.1) is 25.4 Å². The highest BCUT2D eigenvalue weighted by atomic mass is 16.6. The van der Waals surface area contributed by atoms with Crippen LogP contribution in [-0.2, 0) is 9.47 Å². The van der Waals surface area contributed by atoms with Gasteiger partial charge in [-0.25, -0.2) is 4.79 Å². The lowest BCUT2D eigenvalue weighted by atomic mass is 9.75. The molecule has 1 N–H and O–H groups in total. The van der Waals surface area contributed by atoms with Gasteiger partial charge in [-0.15, -0.1) is 0 Å². The molecule has 0 radical (unpaired) electrons. The summed E-state index contributed by atoms with van der Waals surface area (Å²) in [5.74, 6) is 1.94. The minimum absolute atomic E-state index is 0.234. The van der Waals surface area contributed by atoms with E-state index in [1.807, 2.05) is 6.92 Å². The number of β-amino-alcohol motifs (C(OH)–C–C–N with tert-alkyl or cyclic N) is 1. The van der Waals surface area contributed by atoms with Crippen molar-refractivity contribution in [2.24, 2.45) is 17.8 Å². The molecule has 2 fully saturated rings. The maximum absolute atomic E-state index is 11.7. The van der Waals surface area contributed by atoms with E-state index in [4.69, 9.17) is 9.47 Å². The van der Waals surface area contributed by atoms with E-state index in [0.717, 1.165) is 19.5 Å². The van der Waals surface area contributed by atoms with Gasteiger partial charge in [0.2, 0.25) is 0 Å². The number of aliphatic hydroxyl groups is 1. The van der Waals surface area contributed by atoms with Gasteiger partial charge in [0.1, 0.15) is 0 Å². The largest absolute Gasteiger partial charge is 0.450 e. The average Bonchev–Trinajstić information content (AvgIpc) is 2.60. The molecule has 1 aliphatic carbocycles. The molecule has 2 rings (SSSR count). The molecule has 0 aromatic rings. The number of aliphatic hydroxyl groups excluding tert-OH is 1. The second kappa shape index (κ2) is 10.5. The second-order valence-corrected chi connectivity index (χ2v) is 8.34. The van der Waals surface area contributed by atoms with Gasteiger partial charge in [0, 0.05) is 32.7 Å². The zero-order valence-corrected chi connectivity index (χ0v) is 17.0. The first kappa shape index (κ1) is 21.5. The number of carbonyl (C=O) groups excluding carboxylic acids is 1. The average molecular weight is 371 g/mol. The molecule has 0 unspecified atom stereocenters. The number of hydrogen-bond acceptors (Lipinski definition) is 5. The summed E-state index contributed by atoms with van der Waals surface area (Å²) in [6, 6.07) is 0. The zero-order valence-electron chi connectivity index (χ0n) is 17.0. The predicted octanol–water partition coefficient (Wildman–Crippen LogP) is 2.60. The third-order valence-electron chi connectivity index (χ3n) is 5.83. The topological polar surface area (TPSA) is 62.2 Å². The minimum atomic E-state index is -0.478. The summed E-state index contributed by atoms with van der Waals surface area (Å²) < 4.78 is 11.2. The lowest BCUT2D eigenvalue weighted by Gasteiger charge is -2.38. The molecule has 0 spiro atoms. The molecular formula is C20H38N2O4. The molecular weight excluding hydrogens is 332 g/mol. The Morgan fingerprint density at radius 3 is 2.50 bits per heavy atom. The highest BCUT2D eigenvalue weighted by molar-refractivity contribution is 5.67. The van der Waals surface area contributed by atoms with Crippen LogP contribution in [0.25, 0.3) is 0 Å². The molecule has 6 nitrogen and oxygen atoms in total. The van der Waals surface area contributed by atoms with Crippen LogP contribution in [0.2, 0.25) is 0 Å². The third-order valence-corrected chi connectivity index (χ3v) is 5.83. The van der Waals surface area contributed by atoms with Crippen molar-refractivity contribution in [1.82, 2.24) is 9.80 Å². The van der Waals surface area contributed by atoms with Crippen LogP contribution in [-0.4, -0.2) is 79.1 Å². The fourth-order valence-corrected chi connectivity index (χ4v) is 4.22. The van der Waals surface area contributed by atoms with Gasteiger partial charge < -0.3 is 19.5 Å². The Balaban J connectivity index is 1.70. The lowest BCUT2D eigenvalue weighted by Crippen LogP contribution is -2.51. The molecule has 6 heteroatoms. The summed E-state index contributed by atoms with van der Waals surface area (Å²) in [6.07, 6.45) is 3.18. The van der Waals surface area contributed by atoms with Gasteiger partial charge in [0.25, 0.3) is 0 Å². The standard InChI is InChI=1S/C20H38N2O4/c1-5-25-20(24)22-10-8-21(9-11-22)13-17(23)14-26-19-12-16(4)6-7-18(19)15(2)3/h15-19,23H,5-14H2,1-4H3/t16-,17+,18-,19-/m1/s1. The SMILES string of the molecule is CCOC(=O)N1CCN(C[C@H](O)CO[C@@H]2C[C@H](C)CC[C@@H]2C(C)C)CC1. The van der Waals surface area contributed by atoms with E-state index in [1.165, 1.54) is 12.8 Å². The Labute approximate surface area is 158 Å². The van der Waals surface area contributed by atoms with Crippen molar-refractivity contribution < 1.29 is 19.4 Å². The number of ether oxygens (including phenoxy) is 2. The van der Waals surface area contributed by atoms with Crippen LogP contribution >= 0.6 is 0 Å². The van der Waals surface area contributed by atoms with Gasteiger partial charge in [-0.3, -0.25) is 4.90 Å². The van der Waals surface area contributed by atoms with Crippen LogP contribution in [0.4, 0.5) is 4.79 Å². The molecule has 1 aliphatic heterocycles. The van der Waals surface area contributed by atoms with Crippen molar-refractivity contribution >= 4 is 6.09 Å². The van der Waals surface area contributed by atoms with Crippen molar-refractivity contribution in [2.75, 3.05) is 45.9 Å². The number of carbonyl (C=O) groups is 1. The Bertz CT molecular complexity index is 424. The number of nitrogens with zero attached hydrogens (tertiary/aromatic N) is 2. The van der Waals surface area contributed by atoms with Gasteiger partial charge in [-0.05, 0) is 37.5 Å². The molecule has 1 heterocycles. The van der Waals surface area contributed by atoms with Crippen LogP contribution in [0.1, 0.15) is 47.0 Å². The van der Waals surface area contributed by atoms with Gasteiger partial charge in [-0.2, -0.15) is 0 Å². The first-order valence-electron chi connectivity index (χ1n) is 10.3. The number of piperazine rings is 1. The summed E-state index contributed by atoms with van der Waals surface area (Å²) in [5, 5.41) is 10.4. The van der Waals surface area contributed by atoms with Crippen LogP contribution in [0.3, 0.4) is 0 Å². The van der Waals surface area contributed by atoms with E-state index in [-0.39, 0.29) is 12.2 Å². The van der Waals surface area contributed by atoms with Crippen LogP contribution in [0.5, 0.6) is 0 Å². The molecule has 4 atom stereocenters. The summed E-state index contributed by atoms with van der Waals surface area (Å²) >= 11 is 0. The molecule has 0 bridgehead atoms. The summed E-state index contributed by atoms with van der Waals surface area (Å²) in [6.45, 7) is 12.9. The summed E-state index contributed by atoms with van der Waals surface area (Å²) in [7, 11) is 0. The minimum Gasteiger partial charge on any atom is -0.450 e. The Morgan fingerprint density at radius 2 is 1.88 bits per heavy atom. The van der Waals surface area contributed by atoms with Crippen molar-refractivity contribution in [3.63, 3.8) is 0 Å². The summed E-state index contributed by atoms with van der Waals surface area (Å²) in [4.78, 5) is 15.7. The Hall–Kier alpha value is -0.850. The fraction of sp³-hybridized carbons (Fsp3) is 0.950. The smallest absolute Gasteiger partial charge is 0.409 e. The van der Waals surface area contributed by atoms with Crippen molar-refractivity contribution in [1.29, 1.82) is 0 Å². The fourth-order valence-electron chi connectivity index (χ4n) is 4.22. The molecule has 0 aromatic heterocycles. The van der Waals surface area contributed by atoms with Crippen molar-refractivity contribution in [3.8, 4) is 0 Å². The van der Waals surface area contributed by atoms with Crippen LogP contribution < -0.4 is 0 Å². The first-order valence-corrected chi connectivity index (χ1v) is 10.3. The monoisotopic (exact) mass is 370 g/mol. The number of amides is 1. The highest BCUT2D eigenvalue weighted by Crippen LogP contribution is 2.35. The number of hydrogen-bond donors (Lipinski definition) is 1. The number of rotatable bonds is 7. The van der Waals surface area contributed by atoms with E-state index in [1.54, 1.807) is 4.90 Å². The lowest BCUT2D eigenvalue weighted by molar-refractivity contribution is -0.0752. The zero-order chi connectivity index (χ0) is 19.1. The van der Waals surface area contributed by atoms with E-state index in [0.29, 0.717) is 50.6 Å². The van der Waals surface area contributed by atoms with Crippen LogP contribution in [0.15, 0.2) is 0 Å². The Kier molecular flexibility index (Phi) is 8.64. The van der Waals surface area contributed by atoms with Crippen molar-refractivity contribution in [3.05, 3.63) is 0 Å². The van der Waals surface area contributed by atoms with E-state index in [2.05, 4.69) is 25.7 Å². The molecule has 1 amide bonds. The molecule has 1 saturated heterocycles. The van der Waals surface area contributed by atoms with E-state index in [9.17, 15) is 9.90 Å². The third kappa shape index (κ3) is 6.39. The molecule has 152 valence electrons. The van der Waals surface area contributed by atoms with Gasteiger partial charge >= 0.3 is 6.09 Å². The second-order valence-electron chi connectivity index (χ2n) is 8.34. The normalized spacial score (nSPS) is 29.0. The summed E-state index contributed by atoms with van der Waals surface area (Å²) in [5.41, 5.74) is 0. The molecule has 26 heavy (non-hydrogen) atoms. The first-order chi connectivity index (χ1) is 12.4. The molecule has 0 aromatic carbocycles. The van der Waals surface area contributed by atoms with Crippen molar-refractivity contribution in [2.45, 2.75) is 59.2 Å². The van der Waals surface area contributed by atoms with Gasteiger partial charge in [-0.1, -0.05) is 27.2 Å². The highest BCUT2D eigenvalue weighted by Gasteiger charge is 2.32.